The van der Waals surface area contributed by atoms with Gasteiger partial charge in [-0.2, -0.15) is 0 Å². The summed E-state index contributed by atoms with van der Waals surface area (Å²) in [5, 5.41) is 15.7. The fourth-order valence-corrected chi connectivity index (χ4v) is 2.80. The monoisotopic (exact) mass is 362 g/mol. The molecular formula is C19H30N4O3. The van der Waals surface area contributed by atoms with Gasteiger partial charge >= 0.3 is 0 Å². The number of nitrogens with one attached hydrogen (secondary N) is 2. The topological polar surface area (TPSA) is 86.2 Å². The van der Waals surface area contributed by atoms with Gasteiger partial charge in [0.2, 0.25) is 0 Å². The predicted octanol–water partition coefficient (Wildman–Crippen LogP) is 1.12. The zero-order valence-corrected chi connectivity index (χ0v) is 15.7. The normalized spacial score (nSPS) is 15.7. The van der Waals surface area contributed by atoms with Gasteiger partial charge in [-0.3, -0.25) is 4.79 Å². The molecule has 0 unspecified atom stereocenters. The van der Waals surface area contributed by atoms with Gasteiger partial charge in [-0.15, -0.1) is 0 Å². The quantitative estimate of drug-likeness (QED) is 0.500. The number of likely N-dealkylation sites (tertiary alicyclic amines) is 1. The molecule has 144 valence electrons. The molecule has 0 radical (unpaired) electrons. The third kappa shape index (κ3) is 6.55. The Morgan fingerprint density at radius 1 is 1.27 bits per heavy atom. The van der Waals surface area contributed by atoms with Crippen molar-refractivity contribution in [3.8, 4) is 5.75 Å². The smallest absolute Gasteiger partial charge is 0.257 e. The lowest BCUT2D eigenvalue weighted by molar-refractivity contribution is -0.122. The number of hydrogen-bond donors (Lipinski definition) is 3. The highest BCUT2D eigenvalue weighted by atomic mass is 16.5. The minimum Gasteiger partial charge on any atom is -0.484 e. The second-order valence-electron chi connectivity index (χ2n) is 6.28. The zero-order chi connectivity index (χ0) is 18.8. The van der Waals surface area contributed by atoms with Gasteiger partial charge < -0.3 is 25.4 Å². The Morgan fingerprint density at radius 3 is 2.69 bits per heavy atom. The molecule has 1 aromatic carbocycles. The van der Waals surface area contributed by atoms with Crippen LogP contribution in [0.3, 0.4) is 0 Å². The highest BCUT2D eigenvalue weighted by Crippen LogP contribution is 2.15. The third-order valence-corrected chi connectivity index (χ3v) is 4.15. The van der Waals surface area contributed by atoms with E-state index in [0.717, 1.165) is 44.0 Å². The number of nitrogens with zero attached hydrogens (tertiary/aromatic N) is 2. The Morgan fingerprint density at radius 2 is 2.00 bits per heavy atom. The van der Waals surface area contributed by atoms with Crippen molar-refractivity contribution in [3.05, 3.63) is 29.8 Å². The van der Waals surface area contributed by atoms with Gasteiger partial charge in [0.15, 0.2) is 12.6 Å². The Hall–Kier alpha value is -2.28. The standard InChI is InChI=1S/C19H30N4O3/c1-3-20-18(25)14-26-17-7-5-6-15(12-17)13-22-19(21-4-2)23-10-8-16(24)9-11-23/h5-7,12,16,24H,3-4,8-11,13-14H2,1-2H3,(H,20,25)(H,21,22). The lowest BCUT2D eigenvalue weighted by Crippen LogP contribution is -2.46. The molecule has 0 spiro atoms. The number of aliphatic imine (C=N–C) groups is 1. The number of benzene rings is 1. The van der Waals surface area contributed by atoms with E-state index in [-0.39, 0.29) is 18.6 Å². The summed E-state index contributed by atoms with van der Waals surface area (Å²) in [5.41, 5.74) is 1.02. The SMILES string of the molecule is CCNC(=O)COc1cccc(CN=C(NCC)N2CCC(O)CC2)c1. The summed E-state index contributed by atoms with van der Waals surface area (Å²) in [7, 11) is 0. The van der Waals surface area contributed by atoms with Crippen LogP contribution in [-0.2, 0) is 11.3 Å². The summed E-state index contributed by atoms with van der Waals surface area (Å²) in [6, 6.07) is 7.64. The van der Waals surface area contributed by atoms with E-state index in [9.17, 15) is 9.90 Å². The molecule has 0 aromatic heterocycles. The summed E-state index contributed by atoms with van der Waals surface area (Å²) in [6.07, 6.45) is 1.34. The lowest BCUT2D eigenvalue weighted by atomic mass is 10.1. The molecule has 1 saturated heterocycles. The summed E-state index contributed by atoms with van der Waals surface area (Å²) in [5.74, 6) is 1.40. The van der Waals surface area contributed by atoms with Crippen molar-refractivity contribution in [2.45, 2.75) is 39.3 Å². The zero-order valence-electron chi connectivity index (χ0n) is 15.7. The number of ether oxygens (including phenoxy) is 1. The number of aliphatic hydroxyl groups excluding tert-OH is 1. The molecule has 0 aliphatic carbocycles. The van der Waals surface area contributed by atoms with Crippen molar-refractivity contribution in [3.63, 3.8) is 0 Å². The molecule has 0 atom stereocenters. The summed E-state index contributed by atoms with van der Waals surface area (Å²) in [6.45, 7) is 7.47. The van der Waals surface area contributed by atoms with Crippen molar-refractivity contribution in [1.29, 1.82) is 0 Å². The molecule has 0 saturated carbocycles. The largest absolute Gasteiger partial charge is 0.484 e. The van der Waals surface area contributed by atoms with Gasteiger partial charge in [-0.05, 0) is 44.4 Å². The van der Waals surface area contributed by atoms with Crippen molar-refractivity contribution in [2.24, 2.45) is 4.99 Å². The van der Waals surface area contributed by atoms with Crippen LogP contribution >= 0.6 is 0 Å². The molecule has 26 heavy (non-hydrogen) atoms. The first-order chi connectivity index (χ1) is 12.6. The Kier molecular flexibility index (Phi) is 8.21. The first-order valence-corrected chi connectivity index (χ1v) is 9.32. The van der Waals surface area contributed by atoms with Gasteiger partial charge in [0, 0.05) is 26.2 Å². The van der Waals surface area contributed by atoms with Crippen LogP contribution in [0.5, 0.6) is 5.75 Å². The summed E-state index contributed by atoms with van der Waals surface area (Å²) in [4.78, 5) is 18.4. The Labute approximate surface area is 155 Å². The molecule has 1 aromatic rings. The van der Waals surface area contributed by atoms with Crippen molar-refractivity contribution < 1.29 is 14.6 Å². The predicted molar refractivity (Wildman–Crippen MR) is 102 cm³/mol. The molecular weight excluding hydrogens is 332 g/mol. The molecule has 7 heteroatoms. The number of rotatable bonds is 7. The number of carbonyl (C=O) groups is 1. The fraction of sp³-hybridized carbons (Fsp3) is 0.579. The third-order valence-electron chi connectivity index (χ3n) is 4.15. The average Bonchev–Trinajstić information content (AvgIpc) is 2.65. The molecule has 0 bridgehead atoms. The van der Waals surface area contributed by atoms with E-state index in [4.69, 9.17) is 9.73 Å². The minimum atomic E-state index is -0.201. The Balaban J connectivity index is 1.95. The van der Waals surface area contributed by atoms with Crippen LogP contribution in [0.2, 0.25) is 0 Å². The molecule has 1 heterocycles. The number of piperidine rings is 1. The molecule has 2 rings (SSSR count). The van der Waals surface area contributed by atoms with Crippen molar-refractivity contribution >= 4 is 11.9 Å². The van der Waals surface area contributed by atoms with E-state index in [0.29, 0.717) is 18.8 Å². The van der Waals surface area contributed by atoms with E-state index < -0.39 is 0 Å². The number of carbonyl (C=O) groups excluding carboxylic acids is 1. The second-order valence-corrected chi connectivity index (χ2v) is 6.28. The van der Waals surface area contributed by atoms with Gasteiger partial charge in [0.25, 0.3) is 5.91 Å². The molecule has 1 aliphatic rings. The average molecular weight is 362 g/mol. The number of hydrogen-bond acceptors (Lipinski definition) is 4. The minimum absolute atomic E-state index is 0.0132. The van der Waals surface area contributed by atoms with Crippen LogP contribution in [-0.4, -0.2) is 60.8 Å². The molecule has 7 nitrogen and oxygen atoms in total. The summed E-state index contributed by atoms with van der Waals surface area (Å²) >= 11 is 0. The van der Waals surface area contributed by atoms with Crippen LogP contribution in [0.15, 0.2) is 29.3 Å². The molecule has 1 amide bonds. The van der Waals surface area contributed by atoms with Gasteiger partial charge in [0.05, 0.1) is 12.6 Å². The van der Waals surface area contributed by atoms with E-state index in [1.165, 1.54) is 0 Å². The van der Waals surface area contributed by atoms with E-state index >= 15 is 0 Å². The Bertz CT molecular complexity index is 598. The first kappa shape index (κ1) is 20.0. The maximum absolute atomic E-state index is 11.5. The maximum Gasteiger partial charge on any atom is 0.257 e. The number of amides is 1. The van der Waals surface area contributed by atoms with Crippen LogP contribution in [0, 0.1) is 0 Å². The van der Waals surface area contributed by atoms with E-state index in [1.54, 1.807) is 0 Å². The number of guanidine groups is 1. The van der Waals surface area contributed by atoms with E-state index in [1.807, 2.05) is 38.1 Å². The van der Waals surface area contributed by atoms with Crippen LogP contribution < -0.4 is 15.4 Å². The first-order valence-electron chi connectivity index (χ1n) is 9.32. The van der Waals surface area contributed by atoms with Crippen LogP contribution in [0.25, 0.3) is 0 Å². The summed E-state index contributed by atoms with van der Waals surface area (Å²) < 4.78 is 5.53. The highest BCUT2D eigenvalue weighted by Gasteiger charge is 2.19. The number of aliphatic hydroxyl groups is 1. The number of likely N-dealkylation sites (N-methyl/N-ethyl adjacent to an activating group) is 1. The van der Waals surface area contributed by atoms with Gasteiger partial charge in [-0.1, -0.05) is 12.1 Å². The van der Waals surface area contributed by atoms with Crippen molar-refractivity contribution in [2.75, 3.05) is 32.8 Å². The van der Waals surface area contributed by atoms with Crippen molar-refractivity contribution in [1.82, 2.24) is 15.5 Å². The van der Waals surface area contributed by atoms with Gasteiger partial charge in [0.1, 0.15) is 5.75 Å². The molecule has 1 fully saturated rings. The molecule has 3 N–H and O–H groups in total. The lowest BCUT2D eigenvalue weighted by Gasteiger charge is -2.32. The van der Waals surface area contributed by atoms with E-state index in [2.05, 4.69) is 15.5 Å². The fourth-order valence-electron chi connectivity index (χ4n) is 2.80. The maximum atomic E-state index is 11.5. The highest BCUT2D eigenvalue weighted by molar-refractivity contribution is 5.80. The van der Waals surface area contributed by atoms with Crippen LogP contribution in [0.1, 0.15) is 32.3 Å². The van der Waals surface area contributed by atoms with Crippen LogP contribution in [0.4, 0.5) is 0 Å². The molecule has 1 aliphatic heterocycles. The second kappa shape index (κ2) is 10.7. The van der Waals surface area contributed by atoms with Gasteiger partial charge in [-0.25, -0.2) is 4.99 Å².